The van der Waals surface area contributed by atoms with Gasteiger partial charge >= 0.3 is 0 Å². The molecule has 4 fully saturated rings. The highest BCUT2D eigenvalue weighted by atomic mass is 14.5. The highest BCUT2D eigenvalue weighted by molar-refractivity contribution is 5.23. The Morgan fingerprint density at radius 2 is 1.65 bits per heavy atom. The molecule has 4 saturated carbocycles. The molecule has 0 aromatic carbocycles. The van der Waals surface area contributed by atoms with Crippen molar-refractivity contribution >= 4 is 0 Å². The van der Waals surface area contributed by atoms with E-state index in [2.05, 4.69) is 19.1 Å². The molecular weight excluding hydrogens is 206 g/mol. The lowest BCUT2D eigenvalue weighted by Gasteiger charge is -2.54. The number of allylic oxidation sites excluding steroid dienone is 4. The maximum absolute atomic E-state index is 8.56. The molecule has 1 heteroatoms. The molecule has 0 atom stereocenters. The molecule has 0 unspecified atom stereocenters. The second-order valence-corrected chi connectivity index (χ2v) is 6.38. The van der Waals surface area contributed by atoms with E-state index in [0.29, 0.717) is 0 Å². The Balaban J connectivity index is 1.76. The van der Waals surface area contributed by atoms with Gasteiger partial charge < -0.3 is 0 Å². The number of rotatable bonds is 2. The van der Waals surface area contributed by atoms with Gasteiger partial charge in [0.05, 0.1) is 6.07 Å². The third kappa shape index (κ3) is 2.06. The van der Waals surface area contributed by atoms with Crippen LogP contribution in [0.2, 0.25) is 0 Å². The van der Waals surface area contributed by atoms with E-state index in [1.165, 1.54) is 37.7 Å². The molecule has 4 aliphatic rings. The first kappa shape index (κ1) is 11.1. The van der Waals surface area contributed by atoms with E-state index in [0.717, 1.165) is 29.6 Å². The minimum atomic E-state index is 0.811. The van der Waals surface area contributed by atoms with Crippen LogP contribution in [0.4, 0.5) is 0 Å². The molecule has 0 heterocycles. The summed E-state index contributed by atoms with van der Waals surface area (Å²) in [7, 11) is 0. The number of hydrogen-bond donors (Lipinski definition) is 0. The summed E-state index contributed by atoms with van der Waals surface area (Å²) in [5, 5.41) is 8.56. The minimum absolute atomic E-state index is 0.811. The zero-order chi connectivity index (χ0) is 11.8. The van der Waals surface area contributed by atoms with Crippen LogP contribution in [-0.4, -0.2) is 0 Å². The average Bonchev–Trinajstić information content (AvgIpc) is 2.30. The Bertz CT molecular complexity index is 368. The van der Waals surface area contributed by atoms with E-state index in [1.807, 2.05) is 6.08 Å². The fourth-order valence-electron chi connectivity index (χ4n) is 4.77. The van der Waals surface area contributed by atoms with Crippen LogP contribution in [0.3, 0.4) is 0 Å². The van der Waals surface area contributed by atoms with Gasteiger partial charge in [0.1, 0.15) is 0 Å². The highest BCUT2D eigenvalue weighted by Crippen LogP contribution is 2.57. The lowest BCUT2D eigenvalue weighted by Crippen LogP contribution is -2.44. The normalized spacial score (nSPS) is 44.2. The fraction of sp³-hybridized carbons (Fsp3) is 0.688. The largest absolute Gasteiger partial charge is 0.193 e. The van der Waals surface area contributed by atoms with Crippen molar-refractivity contribution in [1.29, 1.82) is 5.26 Å². The van der Waals surface area contributed by atoms with Crippen LogP contribution < -0.4 is 0 Å². The monoisotopic (exact) mass is 227 g/mol. The number of nitrogens with zero attached hydrogens (tertiary/aromatic N) is 1. The summed E-state index contributed by atoms with van der Waals surface area (Å²) in [4.78, 5) is 0. The smallest absolute Gasteiger partial charge is 0.0912 e. The van der Waals surface area contributed by atoms with E-state index < -0.39 is 0 Å². The van der Waals surface area contributed by atoms with Gasteiger partial charge in [-0.15, -0.1) is 0 Å². The van der Waals surface area contributed by atoms with Crippen molar-refractivity contribution < 1.29 is 0 Å². The summed E-state index contributed by atoms with van der Waals surface area (Å²) in [6, 6.07) is 2.08. The number of hydrogen-bond acceptors (Lipinski definition) is 1. The van der Waals surface area contributed by atoms with Gasteiger partial charge in [0.15, 0.2) is 0 Å². The first-order valence-electron chi connectivity index (χ1n) is 7.01. The summed E-state index contributed by atoms with van der Waals surface area (Å²) in [6.07, 6.45) is 13.4. The van der Waals surface area contributed by atoms with Gasteiger partial charge in [-0.2, -0.15) is 5.26 Å². The summed E-state index contributed by atoms with van der Waals surface area (Å²) < 4.78 is 0. The summed E-state index contributed by atoms with van der Waals surface area (Å²) in [5.41, 5.74) is 1.28. The molecule has 4 rings (SSSR count). The molecule has 0 amide bonds. The van der Waals surface area contributed by atoms with Crippen molar-refractivity contribution in [3.63, 3.8) is 0 Å². The highest BCUT2D eigenvalue weighted by Gasteiger charge is 2.47. The third-order valence-electron chi connectivity index (χ3n) is 5.18. The predicted molar refractivity (Wildman–Crippen MR) is 69.0 cm³/mol. The quantitative estimate of drug-likeness (QED) is 0.515. The topological polar surface area (TPSA) is 23.8 Å². The van der Waals surface area contributed by atoms with Crippen LogP contribution in [0, 0.1) is 40.9 Å². The van der Waals surface area contributed by atoms with Crippen molar-refractivity contribution in [1.82, 2.24) is 0 Å². The standard InChI is InChI=1S/C16H21N/c1-11(3-2-4-17)5-16-14-7-12-6-13(9-14)10-15(16)8-12/h2-3,5,12-16H,6-10H2,1H3/b3-2+,11-5+. The molecule has 1 nitrogen and oxygen atoms in total. The van der Waals surface area contributed by atoms with Gasteiger partial charge in [0.25, 0.3) is 0 Å². The Morgan fingerprint density at radius 1 is 1.06 bits per heavy atom. The van der Waals surface area contributed by atoms with Crippen LogP contribution >= 0.6 is 0 Å². The lowest BCUT2D eigenvalue weighted by atomic mass is 9.52. The summed E-state index contributed by atoms with van der Waals surface area (Å²) >= 11 is 0. The second-order valence-electron chi connectivity index (χ2n) is 6.38. The maximum Gasteiger partial charge on any atom is 0.0912 e. The van der Waals surface area contributed by atoms with E-state index in [9.17, 15) is 0 Å². The third-order valence-corrected chi connectivity index (χ3v) is 5.18. The van der Waals surface area contributed by atoms with E-state index >= 15 is 0 Å². The van der Waals surface area contributed by atoms with Gasteiger partial charge in [-0.1, -0.05) is 11.6 Å². The Labute approximate surface area is 104 Å². The lowest BCUT2D eigenvalue weighted by molar-refractivity contribution is -0.0163. The Kier molecular flexibility index (Phi) is 2.82. The van der Waals surface area contributed by atoms with Gasteiger partial charge in [-0.3, -0.25) is 0 Å². The van der Waals surface area contributed by atoms with Gasteiger partial charge in [-0.05, 0) is 74.7 Å². The fourth-order valence-corrected chi connectivity index (χ4v) is 4.77. The van der Waals surface area contributed by atoms with E-state index in [4.69, 9.17) is 5.26 Å². The van der Waals surface area contributed by atoms with Gasteiger partial charge in [-0.25, -0.2) is 0 Å². The van der Waals surface area contributed by atoms with Crippen LogP contribution in [0.25, 0.3) is 0 Å². The molecule has 0 radical (unpaired) electrons. The van der Waals surface area contributed by atoms with Gasteiger partial charge in [0.2, 0.25) is 0 Å². The average molecular weight is 227 g/mol. The van der Waals surface area contributed by atoms with Crippen molar-refractivity contribution in [2.24, 2.45) is 29.6 Å². The molecule has 0 aromatic heterocycles. The first-order valence-corrected chi connectivity index (χ1v) is 7.01. The second kappa shape index (κ2) is 4.33. The van der Waals surface area contributed by atoms with Crippen molar-refractivity contribution in [3.05, 3.63) is 23.8 Å². The van der Waals surface area contributed by atoms with Crippen LogP contribution in [0.15, 0.2) is 23.8 Å². The molecular formula is C16H21N. The molecule has 0 saturated heterocycles. The summed E-state index contributed by atoms with van der Waals surface area (Å²) in [5.74, 6) is 4.83. The molecule has 0 N–H and O–H groups in total. The molecule has 0 aromatic rings. The van der Waals surface area contributed by atoms with Crippen LogP contribution in [0.5, 0.6) is 0 Å². The maximum atomic E-state index is 8.56. The molecule has 0 aliphatic heterocycles. The zero-order valence-corrected chi connectivity index (χ0v) is 10.6. The summed E-state index contributed by atoms with van der Waals surface area (Å²) in [6.45, 7) is 2.14. The van der Waals surface area contributed by atoms with E-state index in [1.54, 1.807) is 6.08 Å². The minimum Gasteiger partial charge on any atom is -0.193 e. The Morgan fingerprint density at radius 3 is 2.18 bits per heavy atom. The SMILES string of the molecule is CC(/C=C/C#N)=C\C1C2CC3CC(C2)CC1C3. The van der Waals surface area contributed by atoms with Crippen LogP contribution in [-0.2, 0) is 0 Å². The molecule has 0 spiro atoms. The van der Waals surface area contributed by atoms with Crippen LogP contribution in [0.1, 0.15) is 39.0 Å². The van der Waals surface area contributed by atoms with Crippen molar-refractivity contribution in [2.75, 3.05) is 0 Å². The number of nitriles is 1. The molecule has 4 aliphatic carbocycles. The molecule has 4 bridgehead atoms. The molecule has 17 heavy (non-hydrogen) atoms. The zero-order valence-electron chi connectivity index (χ0n) is 10.6. The van der Waals surface area contributed by atoms with Crippen molar-refractivity contribution in [2.45, 2.75) is 39.0 Å². The van der Waals surface area contributed by atoms with Gasteiger partial charge in [0, 0.05) is 6.08 Å². The van der Waals surface area contributed by atoms with E-state index in [-0.39, 0.29) is 0 Å². The first-order chi connectivity index (χ1) is 8.26. The molecule has 90 valence electrons. The van der Waals surface area contributed by atoms with Crippen molar-refractivity contribution in [3.8, 4) is 6.07 Å². The Hall–Kier alpha value is -1.03. The predicted octanol–water partition coefficient (Wildman–Crippen LogP) is 4.08.